The molecule has 92 valence electrons. The summed E-state index contributed by atoms with van der Waals surface area (Å²) in [5.41, 5.74) is 7.75. The van der Waals surface area contributed by atoms with Crippen molar-refractivity contribution < 1.29 is 0 Å². The molecule has 1 aromatic rings. The molecular formula is C13H19N3S. The molecule has 1 saturated carbocycles. The largest absolute Gasteiger partial charge is 0.389 e. The van der Waals surface area contributed by atoms with Crippen molar-refractivity contribution in [2.24, 2.45) is 11.7 Å². The van der Waals surface area contributed by atoms with E-state index < -0.39 is 0 Å². The zero-order chi connectivity index (χ0) is 12.4. The van der Waals surface area contributed by atoms with E-state index in [9.17, 15) is 0 Å². The van der Waals surface area contributed by atoms with E-state index >= 15 is 0 Å². The predicted octanol–water partition coefficient (Wildman–Crippen LogP) is 2.62. The lowest BCUT2D eigenvalue weighted by Crippen LogP contribution is -2.25. The van der Waals surface area contributed by atoms with Crippen molar-refractivity contribution in [1.29, 1.82) is 0 Å². The summed E-state index contributed by atoms with van der Waals surface area (Å²) in [7, 11) is 0. The Morgan fingerprint density at radius 2 is 2.29 bits per heavy atom. The van der Waals surface area contributed by atoms with Gasteiger partial charge in [0, 0.05) is 12.2 Å². The highest BCUT2D eigenvalue weighted by molar-refractivity contribution is 7.80. The molecule has 0 saturated heterocycles. The number of nitrogens with zero attached hydrogens (tertiary/aromatic N) is 1. The molecule has 0 aliphatic heterocycles. The van der Waals surface area contributed by atoms with E-state index in [0.29, 0.717) is 16.9 Å². The Balaban J connectivity index is 2.26. The minimum atomic E-state index is 0.420. The second-order valence-electron chi connectivity index (χ2n) is 4.87. The molecule has 0 bridgehead atoms. The fraction of sp³-hybridized carbons (Fsp3) is 0.538. The molecule has 1 fully saturated rings. The number of rotatable bonds is 3. The summed E-state index contributed by atoms with van der Waals surface area (Å²) in [5.74, 6) is 1.53. The van der Waals surface area contributed by atoms with Gasteiger partial charge in [-0.15, -0.1) is 0 Å². The zero-order valence-corrected chi connectivity index (χ0v) is 11.2. The highest BCUT2D eigenvalue weighted by Crippen LogP contribution is 2.28. The lowest BCUT2D eigenvalue weighted by molar-refractivity contribution is 0.555. The molecule has 0 aromatic carbocycles. The zero-order valence-electron chi connectivity index (χ0n) is 10.4. The molecule has 3 N–H and O–H groups in total. The van der Waals surface area contributed by atoms with Gasteiger partial charge in [-0.25, -0.2) is 4.98 Å². The molecule has 1 aliphatic carbocycles. The van der Waals surface area contributed by atoms with Gasteiger partial charge in [0.05, 0.1) is 5.56 Å². The molecule has 17 heavy (non-hydrogen) atoms. The van der Waals surface area contributed by atoms with Gasteiger partial charge in [0.1, 0.15) is 10.8 Å². The standard InChI is InChI=1S/C13H19N3S/c1-8-4-3-5-10(8)16-13-11(12(14)17)9(2)6-7-15-13/h6-8,10H,3-5H2,1-2H3,(H2,14,17)(H,15,16). The minimum Gasteiger partial charge on any atom is -0.389 e. The molecule has 0 spiro atoms. The van der Waals surface area contributed by atoms with Crippen LogP contribution in [0.5, 0.6) is 0 Å². The smallest absolute Gasteiger partial charge is 0.136 e. The molecule has 0 amide bonds. The summed E-state index contributed by atoms with van der Waals surface area (Å²) in [6.07, 6.45) is 5.57. The third-order valence-corrected chi connectivity index (χ3v) is 3.79. The van der Waals surface area contributed by atoms with Crippen molar-refractivity contribution in [3.05, 3.63) is 23.4 Å². The van der Waals surface area contributed by atoms with Crippen molar-refractivity contribution in [2.75, 3.05) is 5.32 Å². The highest BCUT2D eigenvalue weighted by Gasteiger charge is 2.24. The van der Waals surface area contributed by atoms with Gasteiger partial charge < -0.3 is 11.1 Å². The van der Waals surface area contributed by atoms with Crippen molar-refractivity contribution >= 4 is 23.0 Å². The number of anilines is 1. The Bertz CT molecular complexity index is 431. The number of thiocarbonyl (C=S) groups is 1. The fourth-order valence-corrected chi connectivity index (χ4v) is 2.77. The van der Waals surface area contributed by atoms with Crippen LogP contribution in [0.1, 0.15) is 37.3 Å². The molecule has 4 heteroatoms. The molecule has 1 aromatic heterocycles. The monoisotopic (exact) mass is 249 g/mol. The van der Waals surface area contributed by atoms with Gasteiger partial charge >= 0.3 is 0 Å². The molecule has 2 rings (SSSR count). The van der Waals surface area contributed by atoms with Gasteiger partial charge in [0.25, 0.3) is 0 Å². The van der Waals surface area contributed by atoms with Gasteiger partial charge in [-0.3, -0.25) is 0 Å². The first-order valence-electron chi connectivity index (χ1n) is 6.11. The molecule has 0 radical (unpaired) electrons. The SMILES string of the molecule is Cc1ccnc(NC2CCCC2C)c1C(N)=S. The van der Waals surface area contributed by atoms with E-state index in [4.69, 9.17) is 18.0 Å². The van der Waals surface area contributed by atoms with Crippen molar-refractivity contribution in [3.8, 4) is 0 Å². The van der Waals surface area contributed by atoms with E-state index in [-0.39, 0.29) is 0 Å². The van der Waals surface area contributed by atoms with Crippen LogP contribution in [0.4, 0.5) is 5.82 Å². The second-order valence-corrected chi connectivity index (χ2v) is 5.31. The third kappa shape index (κ3) is 2.57. The van der Waals surface area contributed by atoms with Crippen LogP contribution in [-0.2, 0) is 0 Å². The predicted molar refractivity (Wildman–Crippen MR) is 75.3 cm³/mol. The maximum Gasteiger partial charge on any atom is 0.136 e. The van der Waals surface area contributed by atoms with Crippen LogP contribution in [0.15, 0.2) is 12.3 Å². The van der Waals surface area contributed by atoms with Crippen LogP contribution in [0.2, 0.25) is 0 Å². The molecule has 2 unspecified atom stereocenters. The normalized spacial score (nSPS) is 23.6. The lowest BCUT2D eigenvalue weighted by atomic mass is 10.1. The molecular weight excluding hydrogens is 230 g/mol. The third-order valence-electron chi connectivity index (χ3n) is 3.59. The molecule has 2 atom stereocenters. The molecule has 1 aliphatic rings. The molecule has 1 heterocycles. The minimum absolute atomic E-state index is 0.420. The van der Waals surface area contributed by atoms with Crippen LogP contribution in [0, 0.1) is 12.8 Å². The van der Waals surface area contributed by atoms with Gasteiger partial charge in [-0.05, 0) is 37.3 Å². The Labute approximate surface area is 108 Å². The quantitative estimate of drug-likeness (QED) is 0.809. The van der Waals surface area contributed by atoms with Crippen LogP contribution in [0.25, 0.3) is 0 Å². The van der Waals surface area contributed by atoms with Gasteiger partial charge in [0.2, 0.25) is 0 Å². The number of pyridine rings is 1. The lowest BCUT2D eigenvalue weighted by Gasteiger charge is -2.20. The van der Waals surface area contributed by atoms with E-state index in [1.807, 2.05) is 13.0 Å². The Hall–Kier alpha value is -1.16. The maximum absolute atomic E-state index is 5.78. The van der Waals surface area contributed by atoms with Gasteiger partial charge in [0.15, 0.2) is 0 Å². The Kier molecular flexibility index (Phi) is 3.62. The first kappa shape index (κ1) is 12.3. The van der Waals surface area contributed by atoms with Gasteiger partial charge in [-0.1, -0.05) is 25.6 Å². The summed E-state index contributed by atoms with van der Waals surface area (Å²) in [6, 6.07) is 2.44. The van der Waals surface area contributed by atoms with Crippen molar-refractivity contribution in [2.45, 2.75) is 39.2 Å². The summed E-state index contributed by atoms with van der Waals surface area (Å²) < 4.78 is 0. The summed E-state index contributed by atoms with van der Waals surface area (Å²) in [6.45, 7) is 4.29. The van der Waals surface area contributed by atoms with E-state index in [2.05, 4.69) is 17.2 Å². The fourth-order valence-electron chi connectivity index (χ4n) is 2.51. The average Bonchev–Trinajstić information content (AvgIpc) is 2.64. The Morgan fingerprint density at radius 3 is 2.88 bits per heavy atom. The number of hydrogen-bond donors (Lipinski definition) is 2. The van der Waals surface area contributed by atoms with Crippen molar-refractivity contribution in [1.82, 2.24) is 4.98 Å². The van der Waals surface area contributed by atoms with Crippen molar-refractivity contribution in [3.63, 3.8) is 0 Å². The average molecular weight is 249 g/mol. The summed E-state index contributed by atoms with van der Waals surface area (Å²) in [5, 5.41) is 3.50. The highest BCUT2D eigenvalue weighted by atomic mass is 32.1. The van der Waals surface area contributed by atoms with Crippen LogP contribution >= 0.6 is 12.2 Å². The first-order chi connectivity index (χ1) is 8.09. The second kappa shape index (κ2) is 5.00. The maximum atomic E-state index is 5.78. The van der Waals surface area contributed by atoms with E-state index in [0.717, 1.165) is 16.9 Å². The van der Waals surface area contributed by atoms with Crippen LogP contribution in [-0.4, -0.2) is 16.0 Å². The van der Waals surface area contributed by atoms with Gasteiger partial charge in [-0.2, -0.15) is 0 Å². The Morgan fingerprint density at radius 1 is 1.53 bits per heavy atom. The number of nitrogens with two attached hydrogens (primary N) is 1. The number of aryl methyl sites for hydroxylation is 1. The number of aromatic nitrogens is 1. The summed E-state index contributed by atoms with van der Waals surface area (Å²) in [4.78, 5) is 4.80. The van der Waals surface area contributed by atoms with E-state index in [1.54, 1.807) is 6.20 Å². The van der Waals surface area contributed by atoms with Crippen LogP contribution in [0.3, 0.4) is 0 Å². The number of nitrogens with one attached hydrogen (secondary N) is 1. The first-order valence-corrected chi connectivity index (χ1v) is 6.52. The topological polar surface area (TPSA) is 50.9 Å². The number of hydrogen-bond acceptors (Lipinski definition) is 3. The van der Waals surface area contributed by atoms with E-state index in [1.165, 1.54) is 19.3 Å². The summed E-state index contributed by atoms with van der Waals surface area (Å²) >= 11 is 5.11. The molecule has 3 nitrogen and oxygen atoms in total. The van der Waals surface area contributed by atoms with Crippen LogP contribution < -0.4 is 11.1 Å².